The van der Waals surface area contributed by atoms with Crippen molar-refractivity contribution >= 4 is 28.8 Å². The fourth-order valence-corrected chi connectivity index (χ4v) is 3.65. The van der Waals surface area contributed by atoms with Gasteiger partial charge in [-0.3, -0.25) is 4.79 Å². The molecule has 0 aliphatic heterocycles. The summed E-state index contributed by atoms with van der Waals surface area (Å²) in [6.45, 7) is 0.504. The first kappa shape index (κ1) is 13.8. The van der Waals surface area contributed by atoms with Crippen LogP contribution in [-0.4, -0.2) is 31.5 Å². The highest BCUT2D eigenvalue weighted by molar-refractivity contribution is 7.14. The zero-order valence-corrected chi connectivity index (χ0v) is 12.1. The van der Waals surface area contributed by atoms with Gasteiger partial charge in [-0.15, -0.1) is 22.9 Å². The second kappa shape index (κ2) is 6.55. The molecule has 1 aliphatic rings. The van der Waals surface area contributed by atoms with Crippen LogP contribution in [0.15, 0.2) is 6.07 Å². The van der Waals surface area contributed by atoms with E-state index >= 15 is 0 Å². The molecule has 18 heavy (non-hydrogen) atoms. The maximum Gasteiger partial charge on any atom is 0.261 e. The van der Waals surface area contributed by atoms with Gasteiger partial charge in [-0.1, -0.05) is 0 Å². The van der Waals surface area contributed by atoms with Crippen LogP contribution in [0.25, 0.3) is 0 Å². The monoisotopic (exact) mass is 287 g/mol. The normalized spacial score (nSPS) is 15.4. The number of methoxy groups -OCH3 is 1. The van der Waals surface area contributed by atoms with E-state index in [1.807, 2.05) is 6.07 Å². The Morgan fingerprint density at radius 2 is 2.44 bits per heavy atom. The molecule has 0 saturated heterocycles. The zero-order chi connectivity index (χ0) is 13.0. The van der Waals surface area contributed by atoms with Gasteiger partial charge >= 0.3 is 0 Å². The van der Waals surface area contributed by atoms with Gasteiger partial charge < -0.3 is 10.1 Å². The summed E-state index contributed by atoms with van der Waals surface area (Å²) in [6.07, 6.45) is 4.19. The summed E-state index contributed by atoms with van der Waals surface area (Å²) < 4.78 is 5.08. The molecule has 1 aromatic rings. The molecule has 0 saturated carbocycles. The minimum atomic E-state index is -0.00283. The second-order valence-electron chi connectivity index (χ2n) is 4.52. The molecule has 1 atom stereocenters. The summed E-state index contributed by atoms with van der Waals surface area (Å²) in [6, 6.07) is 2.03. The standard InChI is InChI=1S/C13H18ClNO2S/c1-17-8-10(5-6-14)15-13(16)12-7-9-3-2-4-11(9)18-12/h7,10H,2-6,8H2,1H3,(H,15,16). The van der Waals surface area contributed by atoms with Crippen molar-refractivity contribution in [3.63, 3.8) is 0 Å². The van der Waals surface area contributed by atoms with Crippen LogP contribution in [0, 0.1) is 0 Å². The molecule has 1 N–H and O–H groups in total. The molecule has 1 heterocycles. The van der Waals surface area contributed by atoms with Crippen LogP contribution in [0.2, 0.25) is 0 Å². The van der Waals surface area contributed by atoms with E-state index in [1.54, 1.807) is 18.4 Å². The van der Waals surface area contributed by atoms with Crippen LogP contribution in [-0.2, 0) is 17.6 Å². The number of carbonyl (C=O) groups excluding carboxylic acids is 1. The first-order valence-corrected chi connectivity index (χ1v) is 7.57. The quantitative estimate of drug-likeness (QED) is 0.817. The average molecular weight is 288 g/mol. The highest BCUT2D eigenvalue weighted by Gasteiger charge is 2.20. The topological polar surface area (TPSA) is 38.3 Å². The van der Waals surface area contributed by atoms with Crippen molar-refractivity contribution in [1.29, 1.82) is 0 Å². The Hall–Kier alpha value is -0.580. The lowest BCUT2D eigenvalue weighted by Crippen LogP contribution is -2.38. The molecule has 5 heteroatoms. The van der Waals surface area contributed by atoms with Gasteiger partial charge in [0.05, 0.1) is 17.5 Å². The van der Waals surface area contributed by atoms with Gasteiger partial charge in [0.2, 0.25) is 0 Å². The lowest BCUT2D eigenvalue weighted by Gasteiger charge is -2.16. The van der Waals surface area contributed by atoms with Crippen molar-refractivity contribution < 1.29 is 9.53 Å². The summed E-state index contributed by atoms with van der Waals surface area (Å²) in [5.74, 6) is 0.525. The number of fused-ring (bicyclic) bond motifs is 1. The zero-order valence-electron chi connectivity index (χ0n) is 10.5. The number of nitrogens with one attached hydrogen (secondary N) is 1. The number of alkyl halides is 1. The van der Waals surface area contributed by atoms with Crippen LogP contribution in [0.1, 0.15) is 33.0 Å². The molecule has 0 spiro atoms. The lowest BCUT2D eigenvalue weighted by molar-refractivity contribution is 0.0899. The van der Waals surface area contributed by atoms with Crippen LogP contribution in [0.4, 0.5) is 0 Å². The van der Waals surface area contributed by atoms with Gasteiger partial charge in [0, 0.05) is 17.9 Å². The molecular formula is C13H18ClNO2S. The first-order valence-electron chi connectivity index (χ1n) is 6.22. The molecule has 1 amide bonds. The van der Waals surface area contributed by atoms with Crippen LogP contribution >= 0.6 is 22.9 Å². The molecule has 3 nitrogen and oxygen atoms in total. The van der Waals surface area contributed by atoms with Crippen molar-refractivity contribution in [1.82, 2.24) is 5.32 Å². The molecule has 2 rings (SSSR count). The van der Waals surface area contributed by atoms with E-state index in [-0.39, 0.29) is 11.9 Å². The second-order valence-corrected chi connectivity index (χ2v) is 6.03. The van der Waals surface area contributed by atoms with Crippen LogP contribution < -0.4 is 5.32 Å². The fourth-order valence-electron chi connectivity index (χ4n) is 2.23. The third kappa shape index (κ3) is 3.25. The van der Waals surface area contributed by atoms with E-state index < -0.39 is 0 Å². The third-order valence-corrected chi connectivity index (χ3v) is 4.59. The molecule has 100 valence electrons. The van der Waals surface area contributed by atoms with E-state index in [1.165, 1.54) is 16.9 Å². The Morgan fingerprint density at radius 3 is 3.11 bits per heavy atom. The Bertz CT molecular complexity index is 392. The largest absolute Gasteiger partial charge is 0.383 e. The number of carbonyl (C=O) groups is 1. The van der Waals surface area contributed by atoms with Gasteiger partial charge in [0.15, 0.2) is 0 Å². The number of hydrogen-bond acceptors (Lipinski definition) is 3. The van der Waals surface area contributed by atoms with Gasteiger partial charge in [0.1, 0.15) is 0 Å². The molecule has 1 unspecified atom stereocenters. The van der Waals surface area contributed by atoms with Crippen molar-refractivity contribution in [2.24, 2.45) is 0 Å². The van der Waals surface area contributed by atoms with Crippen LogP contribution in [0.3, 0.4) is 0 Å². The number of halogens is 1. The highest BCUT2D eigenvalue weighted by Crippen LogP contribution is 2.30. The highest BCUT2D eigenvalue weighted by atomic mass is 35.5. The van der Waals surface area contributed by atoms with Gasteiger partial charge in [-0.25, -0.2) is 0 Å². The van der Waals surface area contributed by atoms with E-state index in [0.717, 1.165) is 24.1 Å². The molecular weight excluding hydrogens is 270 g/mol. The number of hydrogen-bond donors (Lipinski definition) is 1. The Labute approximate surface area is 116 Å². The van der Waals surface area contributed by atoms with E-state index in [0.29, 0.717) is 12.5 Å². The van der Waals surface area contributed by atoms with Crippen molar-refractivity contribution in [2.45, 2.75) is 31.7 Å². The van der Waals surface area contributed by atoms with Gasteiger partial charge in [0.25, 0.3) is 5.91 Å². The summed E-state index contributed by atoms with van der Waals surface area (Å²) in [4.78, 5) is 14.3. The molecule has 0 radical (unpaired) electrons. The van der Waals surface area contributed by atoms with Crippen molar-refractivity contribution in [2.75, 3.05) is 19.6 Å². The van der Waals surface area contributed by atoms with Gasteiger partial charge in [-0.2, -0.15) is 0 Å². The van der Waals surface area contributed by atoms with E-state index in [2.05, 4.69) is 5.32 Å². The Kier molecular flexibility index (Phi) is 5.03. The van der Waals surface area contributed by atoms with E-state index in [9.17, 15) is 4.79 Å². The molecule has 0 aromatic carbocycles. The average Bonchev–Trinajstić information content (AvgIpc) is 2.89. The first-order chi connectivity index (χ1) is 8.74. The summed E-state index contributed by atoms with van der Waals surface area (Å²) in [5, 5.41) is 2.99. The minimum absolute atomic E-state index is 0.00145. The summed E-state index contributed by atoms with van der Waals surface area (Å²) >= 11 is 7.34. The molecule has 1 aromatic heterocycles. The predicted octanol–water partition coefficient (Wildman–Crippen LogP) is 2.61. The van der Waals surface area contributed by atoms with Crippen molar-refractivity contribution in [3.05, 3.63) is 21.4 Å². The number of aryl methyl sites for hydroxylation is 2. The fraction of sp³-hybridized carbons (Fsp3) is 0.615. The van der Waals surface area contributed by atoms with Crippen molar-refractivity contribution in [3.8, 4) is 0 Å². The smallest absolute Gasteiger partial charge is 0.261 e. The number of thiophene rings is 1. The van der Waals surface area contributed by atoms with Gasteiger partial charge in [-0.05, 0) is 37.3 Å². The third-order valence-electron chi connectivity index (χ3n) is 3.13. The predicted molar refractivity (Wildman–Crippen MR) is 74.8 cm³/mol. The number of amides is 1. The lowest BCUT2D eigenvalue weighted by atomic mass is 10.2. The Morgan fingerprint density at radius 1 is 1.61 bits per heavy atom. The maximum atomic E-state index is 12.1. The summed E-state index contributed by atoms with van der Waals surface area (Å²) in [7, 11) is 1.63. The molecule has 0 fully saturated rings. The number of rotatable bonds is 6. The maximum absolute atomic E-state index is 12.1. The van der Waals surface area contributed by atoms with Crippen LogP contribution in [0.5, 0.6) is 0 Å². The SMILES string of the molecule is COCC(CCCl)NC(=O)c1cc2c(s1)CCC2. The summed E-state index contributed by atoms with van der Waals surface area (Å²) in [5.41, 5.74) is 1.35. The Balaban J connectivity index is 1.97. The number of ether oxygens (including phenoxy) is 1. The molecule has 0 bridgehead atoms. The molecule has 1 aliphatic carbocycles. The minimum Gasteiger partial charge on any atom is -0.383 e. The van der Waals surface area contributed by atoms with E-state index in [4.69, 9.17) is 16.3 Å².